The van der Waals surface area contributed by atoms with Crippen LogP contribution in [0.2, 0.25) is 0 Å². The van der Waals surface area contributed by atoms with Crippen LogP contribution >= 0.6 is 15.9 Å². The molecule has 0 radical (unpaired) electrons. The number of halogens is 1. The van der Waals surface area contributed by atoms with Gasteiger partial charge in [0.25, 0.3) is 0 Å². The van der Waals surface area contributed by atoms with Gasteiger partial charge in [-0.05, 0) is 22.0 Å². The Morgan fingerprint density at radius 3 is 3.00 bits per heavy atom. The zero-order valence-corrected chi connectivity index (χ0v) is 10.7. The zero-order chi connectivity index (χ0) is 11.4. The first-order valence-electron chi connectivity index (χ1n) is 5.38. The first kappa shape index (κ1) is 11.4. The van der Waals surface area contributed by atoms with Crippen LogP contribution in [0.5, 0.6) is 0 Å². The lowest BCUT2D eigenvalue weighted by Gasteiger charge is -2.05. The Kier molecular flexibility index (Phi) is 3.80. The minimum atomic E-state index is 0.861. The largest absolute Gasteiger partial charge is 0.345 e. The molecule has 0 amide bonds. The van der Waals surface area contributed by atoms with Crippen LogP contribution in [0, 0.1) is 0 Å². The molecule has 3 heteroatoms. The normalized spacial score (nSPS) is 10.8. The van der Waals surface area contributed by atoms with E-state index < -0.39 is 0 Å². The molecule has 0 bridgehead atoms. The first-order chi connectivity index (χ1) is 7.83. The number of nitrogens with zero attached hydrogens (tertiary/aromatic N) is 1. The lowest BCUT2D eigenvalue weighted by molar-refractivity contribution is 0.640. The Balaban J connectivity index is 2.15. The number of para-hydroxylation sites is 1. The molecule has 2 nitrogen and oxygen atoms in total. The molecule has 2 rings (SSSR count). The molecule has 0 unspecified atom stereocenters. The minimum Gasteiger partial charge on any atom is -0.345 e. The van der Waals surface area contributed by atoms with Crippen LogP contribution in [-0.2, 0) is 6.54 Å². The zero-order valence-electron chi connectivity index (χ0n) is 9.12. The number of hydrogen-bond acceptors (Lipinski definition) is 1. The predicted octanol–water partition coefficient (Wildman–Crippen LogP) is 3.18. The molecule has 0 aliphatic rings. The Labute approximate surface area is 104 Å². The van der Waals surface area contributed by atoms with E-state index in [1.165, 1.54) is 10.9 Å². The smallest absolute Gasteiger partial charge is 0.0492 e. The van der Waals surface area contributed by atoms with Gasteiger partial charge in [-0.25, -0.2) is 0 Å². The Morgan fingerprint density at radius 2 is 2.19 bits per heavy atom. The second kappa shape index (κ2) is 5.32. The van der Waals surface area contributed by atoms with E-state index in [9.17, 15) is 0 Å². The molecule has 0 aliphatic heterocycles. The van der Waals surface area contributed by atoms with Gasteiger partial charge < -0.3 is 9.88 Å². The van der Waals surface area contributed by atoms with Gasteiger partial charge in [-0.3, -0.25) is 0 Å². The second-order valence-corrected chi connectivity index (χ2v) is 4.53. The van der Waals surface area contributed by atoms with E-state index >= 15 is 0 Å². The second-order valence-electron chi connectivity index (χ2n) is 3.68. The molecule has 1 N–H and O–H groups in total. The van der Waals surface area contributed by atoms with Crippen molar-refractivity contribution in [2.24, 2.45) is 0 Å². The van der Waals surface area contributed by atoms with Gasteiger partial charge in [0.05, 0.1) is 0 Å². The number of hydrogen-bond donors (Lipinski definition) is 1. The number of aromatic nitrogens is 1. The summed E-state index contributed by atoms with van der Waals surface area (Å²) in [6, 6.07) is 8.41. The van der Waals surface area contributed by atoms with Crippen molar-refractivity contribution in [1.29, 1.82) is 0 Å². The Morgan fingerprint density at radius 1 is 1.38 bits per heavy atom. The van der Waals surface area contributed by atoms with Gasteiger partial charge in [0.2, 0.25) is 0 Å². The van der Waals surface area contributed by atoms with E-state index in [4.69, 9.17) is 0 Å². The molecule has 1 heterocycles. The number of fused-ring (bicyclic) bond motifs is 1. The molecule has 84 valence electrons. The molecule has 2 aromatic rings. The summed E-state index contributed by atoms with van der Waals surface area (Å²) in [4.78, 5) is 0. The standard InChI is InChI=1S/C13H15BrN2/c1-2-7-15-8-9-16-10-12(14)11-5-3-4-6-13(11)16/h2-6,10,15H,1,7-9H2. The van der Waals surface area contributed by atoms with Crippen LogP contribution in [0.1, 0.15) is 0 Å². The van der Waals surface area contributed by atoms with E-state index in [1.807, 2.05) is 6.08 Å². The van der Waals surface area contributed by atoms with Crippen molar-refractivity contribution in [2.75, 3.05) is 13.1 Å². The summed E-state index contributed by atoms with van der Waals surface area (Å²) in [7, 11) is 0. The van der Waals surface area contributed by atoms with E-state index in [2.05, 4.69) is 62.9 Å². The van der Waals surface area contributed by atoms with Crippen LogP contribution in [-0.4, -0.2) is 17.7 Å². The number of rotatable bonds is 5. The highest BCUT2D eigenvalue weighted by Crippen LogP contribution is 2.25. The van der Waals surface area contributed by atoms with Crippen molar-refractivity contribution in [3.8, 4) is 0 Å². The summed E-state index contributed by atoms with van der Waals surface area (Å²) in [6.07, 6.45) is 4.02. The highest BCUT2D eigenvalue weighted by atomic mass is 79.9. The maximum Gasteiger partial charge on any atom is 0.0492 e. The molecular weight excluding hydrogens is 264 g/mol. The SMILES string of the molecule is C=CCNCCn1cc(Br)c2ccccc21. The monoisotopic (exact) mass is 278 g/mol. The Hall–Kier alpha value is -1.06. The molecular formula is C13H15BrN2. The van der Waals surface area contributed by atoms with Crippen LogP contribution in [0.25, 0.3) is 10.9 Å². The van der Waals surface area contributed by atoms with Crippen LogP contribution in [0.4, 0.5) is 0 Å². The van der Waals surface area contributed by atoms with E-state index in [1.54, 1.807) is 0 Å². The summed E-state index contributed by atoms with van der Waals surface area (Å²) in [5.74, 6) is 0. The van der Waals surface area contributed by atoms with Crippen LogP contribution in [0.3, 0.4) is 0 Å². The Bertz CT molecular complexity index is 488. The summed E-state index contributed by atoms with van der Waals surface area (Å²) in [5, 5.41) is 4.57. The average molecular weight is 279 g/mol. The molecule has 0 atom stereocenters. The molecule has 0 fully saturated rings. The number of benzene rings is 1. The van der Waals surface area contributed by atoms with Crippen LogP contribution in [0.15, 0.2) is 47.6 Å². The van der Waals surface area contributed by atoms with Gasteiger partial charge in [0, 0.05) is 41.2 Å². The highest BCUT2D eigenvalue weighted by molar-refractivity contribution is 9.10. The molecule has 0 aliphatic carbocycles. The fraction of sp³-hybridized carbons (Fsp3) is 0.231. The van der Waals surface area contributed by atoms with Crippen molar-refractivity contribution in [2.45, 2.75) is 6.54 Å². The fourth-order valence-corrected chi connectivity index (χ4v) is 2.37. The maximum absolute atomic E-state index is 3.68. The van der Waals surface area contributed by atoms with Crippen LogP contribution < -0.4 is 5.32 Å². The van der Waals surface area contributed by atoms with Gasteiger partial charge in [0.15, 0.2) is 0 Å². The highest BCUT2D eigenvalue weighted by Gasteiger charge is 2.04. The van der Waals surface area contributed by atoms with Crippen molar-refractivity contribution in [3.63, 3.8) is 0 Å². The maximum atomic E-state index is 3.68. The molecule has 0 saturated heterocycles. The molecule has 0 spiro atoms. The van der Waals surface area contributed by atoms with E-state index in [0.717, 1.165) is 24.1 Å². The van der Waals surface area contributed by atoms with Crippen molar-refractivity contribution < 1.29 is 0 Å². The molecule has 0 saturated carbocycles. The predicted molar refractivity (Wildman–Crippen MR) is 72.7 cm³/mol. The minimum absolute atomic E-state index is 0.861. The summed E-state index contributed by atoms with van der Waals surface area (Å²) in [5.41, 5.74) is 1.27. The van der Waals surface area contributed by atoms with Gasteiger partial charge in [-0.1, -0.05) is 24.3 Å². The lowest BCUT2D eigenvalue weighted by Crippen LogP contribution is -2.19. The quantitative estimate of drug-likeness (QED) is 0.657. The molecule has 1 aromatic carbocycles. The van der Waals surface area contributed by atoms with Gasteiger partial charge >= 0.3 is 0 Å². The lowest BCUT2D eigenvalue weighted by atomic mass is 10.2. The average Bonchev–Trinajstić information content (AvgIpc) is 2.63. The van der Waals surface area contributed by atoms with Crippen molar-refractivity contribution >= 4 is 26.8 Å². The third-order valence-electron chi connectivity index (χ3n) is 2.56. The molecule has 1 aromatic heterocycles. The number of nitrogens with one attached hydrogen (secondary N) is 1. The summed E-state index contributed by atoms with van der Waals surface area (Å²) in [6.45, 7) is 6.47. The van der Waals surface area contributed by atoms with Gasteiger partial charge in [0.1, 0.15) is 0 Å². The fourth-order valence-electron chi connectivity index (χ4n) is 1.79. The van der Waals surface area contributed by atoms with Crippen molar-refractivity contribution in [1.82, 2.24) is 9.88 Å². The third kappa shape index (κ3) is 2.36. The summed E-state index contributed by atoms with van der Waals surface area (Å²) >= 11 is 3.58. The van der Waals surface area contributed by atoms with Gasteiger partial charge in [-0.2, -0.15) is 0 Å². The van der Waals surface area contributed by atoms with Crippen molar-refractivity contribution in [3.05, 3.63) is 47.6 Å². The molecule has 16 heavy (non-hydrogen) atoms. The van der Waals surface area contributed by atoms with E-state index in [0.29, 0.717) is 0 Å². The third-order valence-corrected chi connectivity index (χ3v) is 3.19. The first-order valence-corrected chi connectivity index (χ1v) is 6.17. The topological polar surface area (TPSA) is 17.0 Å². The summed E-state index contributed by atoms with van der Waals surface area (Å²) < 4.78 is 3.42. The van der Waals surface area contributed by atoms with Gasteiger partial charge in [-0.15, -0.1) is 6.58 Å². The van der Waals surface area contributed by atoms with E-state index in [-0.39, 0.29) is 0 Å².